The molecule has 0 saturated heterocycles. The molecule has 1 aromatic heterocycles. The summed E-state index contributed by atoms with van der Waals surface area (Å²) in [6.45, 7) is 1.78. The van der Waals surface area contributed by atoms with E-state index in [1.165, 1.54) is 6.21 Å². The molecule has 0 bridgehead atoms. The molecule has 9 heteroatoms. The molecular weight excluding hydrogens is 522 g/mol. The number of ether oxygens (including phenoxy) is 1. The minimum atomic E-state index is -0.478. The van der Waals surface area contributed by atoms with Crippen LogP contribution in [0.25, 0.3) is 11.0 Å². The molecule has 34 heavy (non-hydrogen) atoms. The van der Waals surface area contributed by atoms with Gasteiger partial charge in [-0.25, -0.2) is 5.43 Å². The van der Waals surface area contributed by atoms with Crippen LogP contribution < -0.4 is 15.5 Å². The first-order valence-corrected chi connectivity index (χ1v) is 11.4. The zero-order chi connectivity index (χ0) is 24.1. The molecule has 0 aliphatic rings. The van der Waals surface area contributed by atoms with E-state index in [2.05, 4.69) is 31.8 Å². The first-order valence-electron chi connectivity index (χ1n) is 10.2. The normalized spacial score (nSPS) is 11.0. The maximum atomic E-state index is 12.3. The van der Waals surface area contributed by atoms with Crippen LogP contribution in [0.4, 0.5) is 5.69 Å². The lowest BCUT2D eigenvalue weighted by atomic mass is 10.2. The van der Waals surface area contributed by atoms with Gasteiger partial charge < -0.3 is 14.5 Å². The smallest absolute Gasteiger partial charge is 0.307 e. The van der Waals surface area contributed by atoms with E-state index in [4.69, 9.17) is 20.8 Å². The van der Waals surface area contributed by atoms with Crippen molar-refractivity contribution >= 4 is 62.2 Å². The second-order valence-corrected chi connectivity index (χ2v) is 8.71. The van der Waals surface area contributed by atoms with E-state index in [0.717, 1.165) is 15.4 Å². The Bertz CT molecular complexity index is 1380. The Morgan fingerprint density at radius 3 is 2.65 bits per heavy atom. The molecule has 7 nitrogen and oxygen atoms in total. The Kier molecular flexibility index (Phi) is 7.30. The van der Waals surface area contributed by atoms with Crippen LogP contribution in [0.1, 0.15) is 21.7 Å². The molecule has 0 saturated carbocycles. The molecule has 0 aliphatic heterocycles. The fourth-order valence-electron chi connectivity index (χ4n) is 3.04. The molecule has 0 spiro atoms. The number of amides is 2. The summed E-state index contributed by atoms with van der Waals surface area (Å²) in [6.07, 6.45) is 1.44. The molecule has 172 valence electrons. The second-order valence-electron chi connectivity index (χ2n) is 7.38. The van der Waals surface area contributed by atoms with Crippen LogP contribution in [0.5, 0.6) is 5.75 Å². The second kappa shape index (κ2) is 10.5. The van der Waals surface area contributed by atoms with Crippen molar-refractivity contribution in [1.29, 1.82) is 0 Å². The number of carbonyl (C=O) groups excluding carboxylic acids is 2. The molecular formula is C25H19BrClN3O4. The molecule has 0 atom stereocenters. The van der Waals surface area contributed by atoms with Crippen molar-refractivity contribution in [2.45, 2.75) is 6.92 Å². The minimum Gasteiger partial charge on any atom is -0.482 e. The van der Waals surface area contributed by atoms with Crippen LogP contribution in [0.2, 0.25) is 5.02 Å². The molecule has 1 heterocycles. The Labute approximate surface area is 208 Å². The van der Waals surface area contributed by atoms with E-state index >= 15 is 0 Å². The van der Waals surface area contributed by atoms with E-state index in [1.54, 1.807) is 30.3 Å². The molecule has 0 unspecified atom stereocenters. The predicted octanol–water partition coefficient (Wildman–Crippen LogP) is 5.94. The van der Waals surface area contributed by atoms with Crippen molar-refractivity contribution in [3.05, 3.63) is 93.1 Å². The molecule has 0 radical (unpaired) electrons. The number of nitrogens with one attached hydrogen (secondary N) is 2. The summed E-state index contributed by atoms with van der Waals surface area (Å²) >= 11 is 9.65. The standard InChI is InChI=1S/C25H19BrClN3O4/c1-15-2-6-19(7-3-15)29-24(31)14-33-22-8-4-16(10-20(22)27)13-28-30-25(32)23-12-17-11-18(26)5-9-21(17)34-23/h2-13H,14H2,1H3,(H,29,31)(H,30,32)/b28-13+. The van der Waals surface area contributed by atoms with Gasteiger partial charge in [0.15, 0.2) is 12.4 Å². The number of hydrogen-bond acceptors (Lipinski definition) is 5. The number of aryl methyl sites for hydroxylation is 1. The zero-order valence-corrected chi connectivity index (χ0v) is 20.3. The summed E-state index contributed by atoms with van der Waals surface area (Å²) < 4.78 is 11.9. The van der Waals surface area contributed by atoms with Crippen LogP contribution in [-0.2, 0) is 4.79 Å². The highest BCUT2D eigenvalue weighted by molar-refractivity contribution is 9.10. The van der Waals surface area contributed by atoms with Crippen molar-refractivity contribution in [3.63, 3.8) is 0 Å². The van der Waals surface area contributed by atoms with E-state index in [-0.39, 0.29) is 18.3 Å². The van der Waals surface area contributed by atoms with Crippen molar-refractivity contribution in [3.8, 4) is 5.75 Å². The van der Waals surface area contributed by atoms with Gasteiger partial charge in [-0.2, -0.15) is 5.10 Å². The number of benzene rings is 3. The molecule has 4 rings (SSSR count). The summed E-state index contributed by atoms with van der Waals surface area (Å²) in [6, 6.07) is 19.5. The van der Waals surface area contributed by atoms with Gasteiger partial charge in [-0.3, -0.25) is 9.59 Å². The Balaban J connectivity index is 1.30. The van der Waals surface area contributed by atoms with Crippen LogP contribution in [0, 0.1) is 6.92 Å². The maximum absolute atomic E-state index is 12.3. The minimum absolute atomic E-state index is 0.149. The fraction of sp³-hybridized carbons (Fsp3) is 0.0800. The third-order valence-corrected chi connectivity index (χ3v) is 5.52. The average Bonchev–Trinajstić information content (AvgIpc) is 3.23. The van der Waals surface area contributed by atoms with Gasteiger partial charge in [0.2, 0.25) is 0 Å². The number of halogens is 2. The predicted molar refractivity (Wildman–Crippen MR) is 136 cm³/mol. The Morgan fingerprint density at radius 1 is 1.09 bits per heavy atom. The van der Waals surface area contributed by atoms with Gasteiger partial charge >= 0.3 is 5.91 Å². The largest absolute Gasteiger partial charge is 0.482 e. The Morgan fingerprint density at radius 2 is 1.88 bits per heavy atom. The third kappa shape index (κ3) is 6.03. The summed E-state index contributed by atoms with van der Waals surface area (Å²) in [4.78, 5) is 24.4. The number of hydrogen-bond donors (Lipinski definition) is 2. The van der Waals surface area contributed by atoms with Gasteiger partial charge in [-0.1, -0.05) is 45.2 Å². The highest BCUT2D eigenvalue weighted by Gasteiger charge is 2.12. The number of furan rings is 1. The SMILES string of the molecule is Cc1ccc(NC(=O)COc2ccc(/C=N/NC(=O)c3cc4cc(Br)ccc4o3)cc2Cl)cc1. The number of fused-ring (bicyclic) bond motifs is 1. The summed E-state index contributed by atoms with van der Waals surface area (Å²) in [5.41, 5.74) is 5.45. The van der Waals surface area contributed by atoms with Crippen LogP contribution in [-0.4, -0.2) is 24.6 Å². The third-order valence-electron chi connectivity index (χ3n) is 4.73. The lowest BCUT2D eigenvalue weighted by molar-refractivity contribution is -0.118. The van der Waals surface area contributed by atoms with Gasteiger partial charge in [-0.15, -0.1) is 0 Å². The van der Waals surface area contributed by atoms with Gasteiger partial charge in [0.1, 0.15) is 11.3 Å². The maximum Gasteiger partial charge on any atom is 0.307 e. The topological polar surface area (TPSA) is 92.9 Å². The van der Waals surface area contributed by atoms with Crippen LogP contribution in [0.3, 0.4) is 0 Å². The fourth-order valence-corrected chi connectivity index (χ4v) is 3.66. The van der Waals surface area contributed by atoms with Gasteiger partial charge in [0.25, 0.3) is 5.91 Å². The quantitative estimate of drug-likeness (QED) is 0.224. The summed E-state index contributed by atoms with van der Waals surface area (Å²) in [7, 11) is 0. The molecule has 4 aromatic rings. The van der Waals surface area contributed by atoms with E-state index in [0.29, 0.717) is 27.6 Å². The van der Waals surface area contributed by atoms with Crippen molar-refractivity contribution < 1.29 is 18.7 Å². The molecule has 0 aliphatic carbocycles. The Hall–Kier alpha value is -3.62. The van der Waals surface area contributed by atoms with Gasteiger partial charge in [-0.05, 0) is 67.1 Å². The van der Waals surface area contributed by atoms with Crippen LogP contribution >= 0.6 is 27.5 Å². The summed E-state index contributed by atoms with van der Waals surface area (Å²) in [5, 5.41) is 7.81. The number of anilines is 1. The molecule has 2 N–H and O–H groups in total. The number of nitrogens with zero attached hydrogens (tertiary/aromatic N) is 1. The number of hydrazone groups is 1. The number of carbonyl (C=O) groups is 2. The highest BCUT2D eigenvalue weighted by atomic mass is 79.9. The van der Waals surface area contributed by atoms with Crippen molar-refractivity contribution in [2.24, 2.45) is 5.10 Å². The highest BCUT2D eigenvalue weighted by Crippen LogP contribution is 2.25. The lowest BCUT2D eigenvalue weighted by Gasteiger charge is -2.09. The first-order chi connectivity index (χ1) is 16.4. The molecule has 3 aromatic carbocycles. The van der Waals surface area contributed by atoms with Crippen molar-refractivity contribution in [1.82, 2.24) is 5.43 Å². The molecule has 2 amide bonds. The van der Waals surface area contributed by atoms with Gasteiger partial charge in [0.05, 0.1) is 11.2 Å². The monoisotopic (exact) mass is 539 g/mol. The number of rotatable bonds is 7. The first kappa shape index (κ1) is 23.5. The van der Waals surface area contributed by atoms with Crippen LogP contribution in [0.15, 0.2) is 80.7 Å². The lowest BCUT2D eigenvalue weighted by Crippen LogP contribution is -2.20. The van der Waals surface area contributed by atoms with Crippen molar-refractivity contribution in [2.75, 3.05) is 11.9 Å². The van der Waals surface area contributed by atoms with E-state index in [1.807, 2.05) is 43.3 Å². The summed E-state index contributed by atoms with van der Waals surface area (Å²) in [5.74, 6) is -0.272. The zero-order valence-electron chi connectivity index (χ0n) is 18.0. The average molecular weight is 541 g/mol. The van der Waals surface area contributed by atoms with E-state index in [9.17, 15) is 9.59 Å². The van der Waals surface area contributed by atoms with E-state index < -0.39 is 5.91 Å². The van der Waals surface area contributed by atoms with Gasteiger partial charge in [0, 0.05) is 15.5 Å². The molecule has 0 fully saturated rings.